The lowest BCUT2D eigenvalue weighted by Crippen LogP contribution is -2.52. The number of carbonyl (C=O) groups excluding carboxylic acids is 1. The maximum absolute atomic E-state index is 12.2. The van der Waals surface area contributed by atoms with Crippen LogP contribution < -0.4 is 4.90 Å². The second-order valence-electron chi connectivity index (χ2n) is 5.39. The molecule has 0 unspecified atom stereocenters. The van der Waals surface area contributed by atoms with Crippen molar-refractivity contribution in [2.24, 2.45) is 0 Å². The van der Waals surface area contributed by atoms with Crippen molar-refractivity contribution in [2.75, 3.05) is 24.5 Å². The molecule has 1 aliphatic rings. The van der Waals surface area contributed by atoms with Crippen LogP contribution in [0.25, 0.3) is 10.9 Å². The Morgan fingerprint density at radius 2 is 2.13 bits per heavy atom. The van der Waals surface area contributed by atoms with Crippen LogP contribution in [0.15, 0.2) is 24.3 Å². The summed E-state index contributed by atoms with van der Waals surface area (Å²) in [6.07, 6.45) is -1.09. The molecule has 1 aliphatic heterocycles. The number of aromatic nitrogens is 1. The van der Waals surface area contributed by atoms with Gasteiger partial charge in [0.25, 0.3) is 0 Å². The zero-order valence-electron chi connectivity index (χ0n) is 12.5. The van der Waals surface area contributed by atoms with E-state index in [1.54, 1.807) is 12.1 Å². The van der Waals surface area contributed by atoms with E-state index in [2.05, 4.69) is 11.1 Å². The number of rotatable bonds is 1. The first kappa shape index (κ1) is 14.8. The second-order valence-corrected chi connectivity index (χ2v) is 5.39. The third-order valence-electron chi connectivity index (χ3n) is 3.91. The average Bonchev–Trinajstić information content (AvgIpc) is 2.53. The fourth-order valence-corrected chi connectivity index (χ4v) is 2.61. The molecule has 0 saturated carbocycles. The van der Waals surface area contributed by atoms with Crippen molar-refractivity contribution >= 4 is 28.7 Å². The van der Waals surface area contributed by atoms with Crippen LogP contribution in [0.2, 0.25) is 0 Å². The maximum Gasteiger partial charge on any atom is 0.407 e. The van der Waals surface area contributed by atoms with E-state index in [0.717, 1.165) is 15.8 Å². The van der Waals surface area contributed by atoms with E-state index in [-0.39, 0.29) is 25.5 Å². The van der Waals surface area contributed by atoms with Gasteiger partial charge in [0.05, 0.1) is 17.1 Å². The molecule has 3 rings (SSSR count). The normalized spacial score (nSPS) is 14.9. The molecule has 0 atom stereocenters. The van der Waals surface area contributed by atoms with Crippen LogP contribution in [-0.2, 0) is 4.79 Å². The Kier molecular flexibility index (Phi) is 3.58. The average molecular weight is 310 g/mol. The van der Waals surface area contributed by atoms with Crippen LogP contribution >= 0.6 is 0 Å². The van der Waals surface area contributed by atoms with Crippen molar-refractivity contribution in [1.82, 2.24) is 9.88 Å². The highest BCUT2D eigenvalue weighted by atomic mass is 16.4. The molecular weight excluding hydrogens is 296 g/mol. The number of nitrogens with zero attached hydrogens (tertiary/aromatic N) is 4. The number of benzene rings is 1. The van der Waals surface area contributed by atoms with Crippen LogP contribution in [0.3, 0.4) is 0 Å². The Labute approximate surface area is 132 Å². The van der Waals surface area contributed by atoms with Gasteiger partial charge in [0, 0.05) is 18.5 Å². The molecule has 2 heterocycles. The van der Waals surface area contributed by atoms with Gasteiger partial charge in [-0.05, 0) is 36.8 Å². The summed E-state index contributed by atoms with van der Waals surface area (Å²) in [5.74, 6) is 0.201. The quantitative estimate of drug-likeness (QED) is 0.865. The lowest BCUT2D eigenvalue weighted by molar-refractivity contribution is -0.120. The fraction of sp³-hybridized carbons (Fsp3) is 0.250. The van der Waals surface area contributed by atoms with E-state index >= 15 is 0 Å². The number of fused-ring (bicyclic) bond motifs is 1. The maximum atomic E-state index is 12.2. The minimum Gasteiger partial charge on any atom is -0.465 e. The summed E-state index contributed by atoms with van der Waals surface area (Å²) in [6, 6.07) is 9.25. The molecular formula is C16H14N4O3. The van der Waals surface area contributed by atoms with Gasteiger partial charge in [-0.15, -0.1) is 0 Å². The molecule has 2 aromatic rings. The summed E-state index contributed by atoms with van der Waals surface area (Å²) in [4.78, 5) is 30.1. The van der Waals surface area contributed by atoms with Crippen LogP contribution in [0, 0.1) is 18.3 Å². The van der Waals surface area contributed by atoms with E-state index in [4.69, 9.17) is 10.4 Å². The van der Waals surface area contributed by atoms with E-state index < -0.39 is 6.09 Å². The van der Waals surface area contributed by atoms with Crippen molar-refractivity contribution in [3.63, 3.8) is 0 Å². The van der Waals surface area contributed by atoms with E-state index in [1.807, 2.05) is 19.1 Å². The zero-order chi connectivity index (χ0) is 16.6. The molecule has 1 saturated heterocycles. The van der Waals surface area contributed by atoms with Gasteiger partial charge < -0.3 is 5.11 Å². The van der Waals surface area contributed by atoms with E-state index in [1.165, 1.54) is 4.90 Å². The van der Waals surface area contributed by atoms with Gasteiger partial charge in [-0.1, -0.05) is 0 Å². The number of hydrogen-bond donors (Lipinski definition) is 1. The Bertz CT molecular complexity index is 856. The standard InChI is InChI=1S/C16H14N4O3/c1-10-6-13-11(7-12(10)8-17)2-3-14(18-13)20-5-4-19(16(22)23)9-15(20)21/h2-3,6-7H,4-5,9H2,1H3,(H,22,23). The van der Waals surface area contributed by atoms with Gasteiger partial charge in [-0.2, -0.15) is 5.26 Å². The number of hydrogen-bond acceptors (Lipinski definition) is 4. The third-order valence-corrected chi connectivity index (χ3v) is 3.91. The minimum atomic E-state index is -1.09. The smallest absolute Gasteiger partial charge is 0.407 e. The monoisotopic (exact) mass is 310 g/mol. The molecule has 0 spiro atoms. The van der Waals surface area contributed by atoms with Gasteiger partial charge in [-0.25, -0.2) is 9.78 Å². The Morgan fingerprint density at radius 3 is 2.78 bits per heavy atom. The van der Waals surface area contributed by atoms with Gasteiger partial charge in [-0.3, -0.25) is 14.6 Å². The molecule has 23 heavy (non-hydrogen) atoms. The number of aryl methyl sites for hydroxylation is 1. The number of piperazine rings is 1. The minimum absolute atomic E-state index is 0.165. The van der Waals surface area contributed by atoms with Crippen molar-refractivity contribution < 1.29 is 14.7 Å². The predicted octanol–water partition coefficient (Wildman–Crippen LogP) is 1.74. The summed E-state index contributed by atoms with van der Waals surface area (Å²) in [5, 5.41) is 18.8. The molecule has 0 radical (unpaired) electrons. The highest BCUT2D eigenvalue weighted by molar-refractivity contribution is 5.97. The van der Waals surface area contributed by atoms with Crippen molar-refractivity contribution in [2.45, 2.75) is 6.92 Å². The number of carbonyl (C=O) groups is 2. The molecule has 0 aliphatic carbocycles. The molecule has 1 fully saturated rings. The Morgan fingerprint density at radius 1 is 1.35 bits per heavy atom. The highest BCUT2D eigenvalue weighted by Gasteiger charge is 2.28. The number of amides is 2. The first-order chi connectivity index (χ1) is 11.0. The molecule has 7 heteroatoms. The van der Waals surface area contributed by atoms with Gasteiger partial charge >= 0.3 is 6.09 Å². The van der Waals surface area contributed by atoms with Crippen LogP contribution in [0.1, 0.15) is 11.1 Å². The molecule has 1 aromatic heterocycles. The predicted molar refractivity (Wildman–Crippen MR) is 83.1 cm³/mol. The molecule has 2 amide bonds. The van der Waals surface area contributed by atoms with Crippen molar-refractivity contribution in [3.05, 3.63) is 35.4 Å². The first-order valence-electron chi connectivity index (χ1n) is 7.09. The molecule has 116 valence electrons. The topological polar surface area (TPSA) is 97.5 Å². The van der Waals surface area contributed by atoms with Crippen LogP contribution in [-0.4, -0.2) is 46.6 Å². The van der Waals surface area contributed by atoms with E-state index in [9.17, 15) is 9.59 Å². The number of anilines is 1. The zero-order valence-corrected chi connectivity index (χ0v) is 12.5. The van der Waals surface area contributed by atoms with Gasteiger partial charge in [0.2, 0.25) is 5.91 Å². The summed E-state index contributed by atoms with van der Waals surface area (Å²) in [7, 11) is 0. The SMILES string of the molecule is Cc1cc2nc(N3CCN(C(=O)O)CC3=O)ccc2cc1C#N. The first-order valence-corrected chi connectivity index (χ1v) is 7.09. The van der Waals surface area contributed by atoms with Crippen LogP contribution in [0.4, 0.5) is 10.6 Å². The molecule has 1 N–H and O–H groups in total. The number of pyridine rings is 1. The lowest BCUT2D eigenvalue weighted by atomic mass is 10.1. The summed E-state index contributed by atoms with van der Waals surface area (Å²) in [5.41, 5.74) is 2.12. The van der Waals surface area contributed by atoms with E-state index in [0.29, 0.717) is 16.9 Å². The lowest BCUT2D eigenvalue weighted by Gasteiger charge is -2.32. The molecule has 7 nitrogen and oxygen atoms in total. The fourth-order valence-electron chi connectivity index (χ4n) is 2.61. The Balaban J connectivity index is 1.94. The summed E-state index contributed by atoms with van der Waals surface area (Å²) < 4.78 is 0. The third kappa shape index (κ3) is 2.66. The second kappa shape index (κ2) is 5.57. The van der Waals surface area contributed by atoms with Crippen molar-refractivity contribution in [1.29, 1.82) is 5.26 Å². The number of carboxylic acid groups (broad SMARTS) is 1. The summed E-state index contributed by atoms with van der Waals surface area (Å²) >= 11 is 0. The molecule has 1 aromatic carbocycles. The molecule has 0 bridgehead atoms. The summed E-state index contributed by atoms with van der Waals surface area (Å²) in [6.45, 7) is 2.21. The Hall–Kier alpha value is -3.14. The highest BCUT2D eigenvalue weighted by Crippen LogP contribution is 2.22. The van der Waals surface area contributed by atoms with Gasteiger partial charge in [0.1, 0.15) is 12.4 Å². The number of nitriles is 1. The van der Waals surface area contributed by atoms with Crippen molar-refractivity contribution in [3.8, 4) is 6.07 Å². The largest absolute Gasteiger partial charge is 0.465 e. The van der Waals surface area contributed by atoms with Crippen LogP contribution in [0.5, 0.6) is 0 Å². The van der Waals surface area contributed by atoms with Gasteiger partial charge in [0.15, 0.2) is 0 Å².